The van der Waals surface area contributed by atoms with Crippen LogP contribution in [-0.2, 0) is 0 Å². The van der Waals surface area contributed by atoms with Crippen molar-refractivity contribution >= 4 is 0 Å². The molecule has 1 aliphatic rings. The van der Waals surface area contributed by atoms with Gasteiger partial charge in [0.1, 0.15) is 5.75 Å². The summed E-state index contributed by atoms with van der Waals surface area (Å²) in [4.78, 5) is -0.239. The van der Waals surface area contributed by atoms with Crippen LogP contribution in [-0.4, -0.2) is 43.2 Å². The fraction of sp³-hybridized carbons (Fsp3) is 0.647. The van der Waals surface area contributed by atoms with Crippen LogP contribution < -0.4 is 4.74 Å². The molecule has 0 unspecified atom stereocenters. The molecule has 20 heavy (non-hydrogen) atoms. The summed E-state index contributed by atoms with van der Waals surface area (Å²) < 4.78 is 77.5. The number of hydrogen-bond donors (Lipinski definition) is 1. The van der Waals surface area contributed by atoms with Crippen molar-refractivity contribution in [3.05, 3.63) is 29.8 Å². The minimum Gasteiger partial charge on any atom is -0.497 e. The zero-order valence-electron chi connectivity index (χ0n) is 20.6. The molecule has 3 nitrogen and oxygen atoms in total. The van der Waals surface area contributed by atoms with Crippen molar-refractivity contribution in [2.45, 2.75) is 43.6 Å². The van der Waals surface area contributed by atoms with Crippen LogP contribution >= 0.6 is 0 Å². The first-order valence-electron chi connectivity index (χ1n) is 11.3. The number of likely N-dealkylation sites (N-methyl/N-ethyl adjacent to an activating group) is 1. The smallest absolute Gasteiger partial charge is 0.118 e. The van der Waals surface area contributed by atoms with Crippen LogP contribution in [0.15, 0.2) is 24.3 Å². The van der Waals surface area contributed by atoms with E-state index in [1.54, 1.807) is 0 Å². The fourth-order valence-electron chi connectivity index (χ4n) is 2.69. The molecule has 0 amide bonds. The number of benzene rings is 1. The molecule has 0 radical (unpaired) electrons. The molecular weight excluding hydrogens is 250 g/mol. The first-order chi connectivity index (χ1) is 13.1. The van der Waals surface area contributed by atoms with Gasteiger partial charge in [0.05, 0.1) is 12.7 Å². The van der Waals surface area contributed by atoms with Crippen LogP contribution in [0.4, 0.5) is 0 Å². The minimum absolute atomic E-state index is 0.0220. The zero-order valence-corrected chi connectivity index (χ0v) is 11.6. The summed E-state index contributed by atoms with van der Waals surface area (Å²) in [5.74, 6) is -2.16. The second-order valence-electron chi connectivity index (χ2n) is 5.14. The first-order valence-corrected chi connectivity index (χ1v) is 6.79. The van der Waals surface area contributed by atoms with Crippen molar-refractivity contribution in [3.8, 4) is 5.75 Å². The van der Waals surface area contributed by atoms with Crippen LogP contribution in [0.25, 0.3) is 0 Å². The van der Waals surface area contributed by atoms with E-state index in [0.717, 1.165) is 6.42 Å². The van der Waals surface area contributed by atoms with Crippen LogP contribution in [0.3, 0.4) is 0 Å². The Morgan fingerprint density at radius 1 is 1.35 bits per heavy atom. The van der Waals surface area contributed by atoms with Gasteiger partial charge in [0.15, 0.2) is 0 Å². The fourth-order valence-corrected chi connectivity index (χ4v) is 2.69. The number of ether oxygens (including phenoxy) is 1. The van der Waals surface area contributed by atoms with E-state index in [0.29, 0.717) is 18.6 Å². The zero-order chi connectivity index (χ0) is 22.3. The lowest BCUT2D eigenvalue weighted by atomic mass is 9.72. The van der Waals surface area contributed by atoms with Gasteiger partial charge in [0.2, 0.25) is 0 Å². The molecule has 0 aromatic heterocycles. The summed E-state index contributed by atoms with van der Waals surface area (Å²) in [6.45, 7) is -9.98. The van der Waals surface area contributed by atoms with Gasteiger partial charge in [-0.2, -0.15) is 0 Å². The summed E-state index contributed by atoms with van der Waals surface area (Å²) in [6, 6.07) is 5.67. The largest absolute Gasteiger partial charge is 0.497 e. The number of rotatable bonds is 5. The second kappa shape index (κ2) is 6.59. The van der Waals surface area contributed by atoms with E-state index in [1.165, 1.54) is 31.4 Å². The van der Waals surface area contributed by atoms with Crippen LogP contribution in [0.5, 0.6) is 5.75 Å². The molecule has 1 fully saturated rings. The molecule has 0 heterocycles. The van der Waals surface area contributed by atoms with Crippen molar-refractivity contribution < 1.29 is 22.2 Å². The Hall–Kier alpha value is -1.06. The molecule has 1 atom stereocenters. The summed E-state index contributed by atoms with van der Waals surface area (Å²) in [6.07, 6.45) is 1.93. The number of hydrogen-bond acceptors (Lipinski definition) is 3. The molecule has 2 rings (SSSR count). The van der Waals surface area contributed by atoms with E-state index in [4.69, 9.17) is 17.1 Å². The van der Waals surface area contributed by atoms with Gasteiger partial charge in [0, 0.05) is 24.7 Å². The highest BCUT2D eigenvalue weighted by Gasteiger charge is 2.38. The molecule has 0 aliphatic heterocycles. The molecule has 1 aromatic carbocycles. The van der Waals surface area contributed by atoms with Crippen molar-refractivity contribution in [2.75, 3.05) is 27.6 Å². The Labute approximate surface area is 135 Å². The van der Waals surface area contributed by atoms with Crippen molar-refractivity contribution in [3.63, 3.8) is 0 Å². The predicted octanol–water partition coefficient (Wildman–Crippen LogP) is 3.04. The van der Waals surface area contributed by atoms with Crippen LogP contribution in [0.2, 0.25) is 0 Å². The number of nitrogens with zero attached hydrogens (tertiary/aromatic N) is 1. The van der Waals surface area contributed by atoms with Gasteiger partial charge in [-0.15, -0.1) is 0 Å². The molecular formula is C17H27NO2. The molecule has 112 valence electrons. The molecule has 0 saturated heterocycles. The molecule has 1 aromatic rings. The maximum atomic E-state index is 11.4. The monoisotopic (exact) mass is 286 g/mol. The van der Waals surface area contributed by atoms with E-state index in [1.807, 2.05) is 0 Å². The average molecular weight is 286 g/mol. The third-order valence-electron chi connectivity index (χ3n) is 3.75. The average Bonchev–Trinajstić information content (AvgIpc) is 2.58. The van der Waals surface area contributed by atoms with Crippen molar-refractivity contribution in [1.29, 1.82) is 0 Å². The highest BCUT2D eigenvalue weighted by atomic mass is 16.5. The predicted molar refractivity (Wildman–Crippen MR) is 82.3 cm³/mol. The van der Waals surface area contributed by atoms with Gasteiger partial charge in [0.25, 0.3) is 0 Å². The molecule has 0 bridgehead atoms. The standard InChI is InChI=1S/C17H27NO2/c1-18(2)13-16(17(19)11-5-4-6-12-17)14-7-9-15(20-3)10-8-14/h7-10,16,19H,4-6,11-13H2,1-3H3/t16-/m1/s1/i1D3,2D3,13D2,16D. The van der Waals surface area contributed by atoms with Crippen LogP contribution in [0.1, 0.15) is 55.9 Å². The normalized spacial score (nSPS) is 30.1. The Morgan fingerprint density at radius 3 is 2.55 bits per heavy atom. The molecule has 1 N–H and O–H groups in total. The quantitative estimate of drug-likeness (QED) is 0.903. The van der Waals surface area contributed by atoms with Crippen molar-refractivity contribution in [2.24, 2.45) is 0 Å². The van der Waals surface area contributed by atoms with Gasteiger partial charge in [-0.05, 0) is 44.5 Å². The van der Waals surface area contributed by atoms with Gasteiger partial charge >= 0.3 is 0 Å². The highest BCUT2D eigenvalue weighted by molar-refractivity contribution is 5.31. The second-order valence-corrected chi connectivity index (χ2v) is 5.14. The topological polar surface area (TPSA) is 32.7 Å². The van der Waals surface area contributed by atoms with Crippen molar-refractivity contribution in [1.82, 2.24) is 4.90 Å². The Bertz CT molecular complexity index is 682. The molecule has 1 saturated carbocycles. The summed E-state index contributed by atoms with van der Waals surface area (Å²) in [7, 11) is 1.43. The molecule has 1 aliphatic carbocycles. The summed E-state index contributed by atoms with van der Waals surface area (Å²) >= 11 is 0. The Morgan fingerprint density at radius 2 is 2.00 bits per heavy atom. The van der Waals surface area contributed by atoms with Crippen LogP contribution in [0, 0.1) is 0 Å². The summed E-state index contributed by atoms with van der Waals surface area (Å²) in [5.41, 5.74) is -1.98. The lowest BCUT2D eigenvalue weighted by Crippen LogP contribution is -2.42. The third-order valence-corrected chi connectivity index (χ3v) is 3.75. The Kier molecular flexibility index (Phi) is 2.40. The third kappa shape index (κ3) is 3.53. The highest BCUT2D eigenvalue weighted by Crippen LogP contribution is 2.40. The first kappa shape index (κ1) is 7.28. The van der Waals surface area contributed by atoms with E-state index in [2.05, 4.69) is 0 Å². The van der Waals surface area contributed by atoms with E-state index >= 15 is 0 Å². The maximum absolute atomic E-state index is 11.4. The number of methoxy groups -OCH3 is 1. The van der Waals surface area contributed by atoms with Gasteiger partial charge in [-0.25, -0.2) is 0 Å². The molecule has 0 spiro atoms. The minimum atomic E-state index is -3.36. The van der Waals surface area contributed by atoms with E-state index in [9.17, 15) is 5.11 Å². The maximum Gasteiger partial charge on any atom is 0.118 e. The van der Waals surface area contributed by atoms with Gasteiger partial charge in [-0.1, -0.05) is 31.4 Å². The molecule has 3 heteroatoms. The lowest BCUT2D eigenvalue weighted by Gasteiger charge is -2.40. The SMILES string of the molecule is [2H]C([2H])([2H])N(C([2H])([2H])[2H])C([2H])([2H])[C@]([2H])(c1ccc(OC)cc1)C1(O)CCCCC1. The lowest BCUT2D eigenvalue weighted by molar-refractivity contribution is -0.0277. The van der Waals surface area contributed by atoms with Gasteiger partial charge < -0.3 is 14.7 Å². The van der Waals surface area contributed by atoms with Gasteiger partial charge in [-0.3, -0.25) is 0 Å². The van der Waals surface area contributed by atoms with E-state index in [-0.39, 0.29) is 23.3 Å². The Balaban J connectivity index is 2.77. The number of aliphatic hydroxyl groups is 1. The summed E-state index contributed by atoms with van der Waals surface area (Å²) in [5, 5.41) is 11.4. The van der Waals surface area contributed by atoms with E-state index < -0.39 is 31.9 Å².